The highest BCUT2D eigenvalue weighted by Gasteiger charge is 2.34. The van der Waals surface area contributed by atoms with Crippen molar-refractivity contribution in [1.29, 1.82) is 5.41 Å². The number of likely N-dealkylation sites (tertiary alicyclic amines) is 1. The molecule has 0 aliphatic carbocycles. The molecule has 0 unspecified atom stereocenters. The summed E-state index contributed by atoms with van der Waals surface area (Å²) in [4.78, 5) is 27.2. The van der Waals surface area contributed by atoms with Crippen LogP contribution in [0.5, 0.6) is 11.5 Å². The number of carbonyl (C=O) groups excluding carboxylic acids is 2. The maximum Gasteiger partial charge on any atom is 0.328 e. The van der Waals surface area contributed by atoms with Gasteiger partial charge in [-0.25, -0.2) is 4.79 Å². The van der Waals surface area contributed by atoms with Crippen molar-refractivity contribution >= 4 is 41.0 Å². The second-order valence-corrected chi connectivity index (χ2v) is 9.43. The maximum atomic E-state index is 13.0. The van der Waals surface area contributed by atoms with E-state index in [1.165, 1.54) is 25.3 Å². The SMILES string of the molecule is COC(=O)[C@@H](NC(=O)c1cc(O)cc(OCCCc2ccc(Cl)cc2Cl)c1)C1CCN(C(=N)N)CC1. The van der Waals surface area contributed by atoms with Gasteiger partial charge in [-0.2, -0.15) is 0 Å². The highest BCUT2D eigenvalue weighted by Crippen LogP contribution is 2.26. The van der Waals surface area contributed by atoms with Crippen molar-refractivity contribution in [2.45, 2.75) is 31.7 Å². The number of nitrogens with one attached hydrogen (secondary N) is 2. The van der Waals surface area contributed by atoms with Crippen LogP contribution < -0.4 is 15.8 Å². The number of amides is 1. The first-order valence-electron chi connectivity index (χ1n) is 11.6. The molecule has 1 aliphatic heterocycles. The average molecular weight is 537 g/mol. The third kappa shape index (κ3) is 7.41. The Balaban J connectivity index is 1.61. The lowest BCUT2D eigenvalue weighted by Crippen LogP contribution is -2.51. The number of phenolic OH excluding ortho intramolecular Hbond substituents is 1. The molecule has 0 bridgehead atoms. The average Bonchev–Trinajstić information content (AvgIpc) is 2.85. The Hall–Kier alpha value is -3.17. The molecule has 194 valence electrons. The summed E-state index contributed by atoms with van der Waals surface area (Å²) in [5.74, 6) is -1.09. The zero-order chi connectivity index (χ0) is 26.2. The van der Waals surface area contributed by atoms with Gasteiger partial charge in [-0.3, -0.25) is 10.2 Å². The lowest BCUT2D eigenvalue weighted by atomic mass is 9.89. The first-order chi connectivity index (χ1) is 17.2. The zero-order valence-corrected chi connectivity index (χ0v) is 21.4. The number of ether oxygens (including phenoxy) is 2. The molecule has 36 heavy (non-hydrogen) atoms. The Morgan fingerprint density at radius 2 is 1.94 bits per heavy atom. The minimum absolute atomic E-state index is 0.0179. The van der Waals surface area contributed by atoms with Gasteiger partial charge in [-0.05, 0) is 61.4 Å². The Kier molecular flexibility index (Phi) is 9.66. The zero-order valence-electron chi connectivity index (χ0n) is 19.9. The Morgan fingerprint density at radius 3 is 2.58 bits per heavy atom. The lowest BCUT2D eigenvalue weighted by Gasteiger charge is -2.35. The Bertz CT molecular complexity index is 1110. The van der Waals surface area contributed by atoms with E-state index in [0.29, 0.717) is 61.2 Å². The van der Waals surface area contributed by atoms with Gasteiger partial charge in [0.25, 0.3) is 5.91 Å². The minimum atomic E-state index is -0.868. The summed E-state index contributed by atoms with van der Waals surface area (Å²) >= 11 is 12.1. The van der Waals surface area contributed by atoms with Crippen LogP contribution >= 0.6 is 23.2 Å². The largest absolute Gasteiger partial charge is 0.508 e. The van der Waals surface area contributed by atoms with E-state index in [4.69, 9.17) is 43.8 Å². The molecule has 5 N–H and O–H groups in total. The second-order valence-electron chi connectivity index (χ2n) is 8.59. The molecule has 3 rings (SSSR count). The molecular formula is C25H30Cl2N4O5. The van der Waals surface area contributed by atoms with Crippen molar-refractivity contribution in [2.75, 3.05) is 26.8 Å². The predicted octanol–water partition coefficient (Wildman–Crippen LogP) is 3.59. The normalized spacial score (nSPS) is 14.7. The molecule has 1 amide bonds. The van der Waals surface area contributed by atoms with Crippen molar-refractivity contribution in [1.82, 2.24) is 10.2 Å². The highest BCUT2D eigenvalue weighted by molar-refractivity contribution is 6.35. The van der Waals surface area contributed by atoms with Crippen LogP contribution in [0.3, 0.4) is 0 Å². The quantitative estimate of drug-likeness (QED) is 0.166. The fourth-order valence-electron chi connectivity index (χ4n) is 4.17. The molecule has 1 fully saturated rings. The minimum Gasteiger partial charge on any atom is -0.508 e. The van der Waals surface area contributed by atoms with E-state index in [-0.39, 0.29) is 23.2 Å². The molecule has 1 saturated heterocycles. The number of piperidine rings is 1. The fraction of sp³-hybridized carbons (Fsp3) is 0.400. The molecular weight excluding hydrogens is 507 g/mol. The number of aromatic hydroxyl groups is 1. The molecule has 0 spiro atoms. The van der Waals surface area contributed by atoms with E-state index >= 15 is 0 Å². The van der Waals surface area contributed by atoms with Gasteiger partial charge in [0.05, 0.1) is 13.7 Å². The number of hydrogen-bond donors (Lipinski definition) is 4. The summed E-state index contributed by atoms with van der Waals surface area (Å²) in [6.07, 6.45) is 2.45. The molecule has 0 radical (unpaired) electrons. The topological polar surface area (TPSA) is 138 Å². The number of guanidine groups is 1. The molecule has 0 saturated carbocycles. The number of nitrogens with zero attached hydrogens (tertiary/aromatic N) is 1. The number of aryl methyl sites for hydroxylation is 1. The van der Waals surface area contributed by atoms with Gasteiger partial charge in [0.2, 0.25) is 0 Å². The molecule has 11 heteroatoms. The predicted molar refractivity (Wildman–Crippen MR) is 138 cm³/mol. The van der Waals surface area contributed by atoms with E-state index in [9.17, 15) is 14.7 Å². The molecule has 0 aromatic heterocycles. The first kappa shape index (κ1) is 27.4. The number of rotatable bonds is 9. The van der Waals surface area contributed by atoms with Gasteiger partial charge >= 0.3 is 5.97 Å². The number of benzene rings is 2. The van der Waals surface area contributed by atoms with Crippen LogP contribution in [0, 0.1) is 11.3 Å². The molecule has 1 aliphatic rings. The molecule has 2 aromatic rings. The van der Waals surface area contributed by atoms with Gasteiger partial charge < -0.3 is 30.5 Å². The molecule has 2 aromatic carbocycles. The van der Waals surface area contributed by atoms with Crippen LogP contribution in [0.2, 0.25) is 10.0 Å². The Morgan fingerprint density at radius 1 is 1.22 bits per heavy atom. The first-order valence-corrected chi connectivity index (χ1v) is 12.3. The summed E-state index contributed by atoms with van der Waals surface area (Å²) in [6, 6.07) is 8.70. The number of methoxy groups -OCH3 is 1. The van der Waals surface area contributed by atoms with Crippen molar-refractivity contribution in [2.24, 2.45) is 11.7 Å². The Labute approximate surface area is 220 Å². The van der Waals surface area contributed by atoms with E-state index in [1.54, 1.807) is 17.0 Å². The number of esters is 1. The lowest BCUT2D eigenvalue weighted by molar-refractivity contribution is -0.144. The van der Waals surface area contributed by atoms with E-state index < -0.39 is 17.9 Å². The molecule has 9 nitrogen and oxygen atoms in total. The smallest absolute Gasteiger partial charge is 0.328 e. The highest BCUT2D eigenvalue weighted by atomic mass is 35.5. The van der Waals surface area contributed by atoms with Gasteiger partial charge in [0.1, 0.15) is 17.5 Å². The monoisotopic (exact) mass is 536 g/mol. The van der Waals surface area contributed by atoms with Crippen molar-refractivity contribution in [3.05, 3.63) is 57.6 Å². The third-order valence-corrected chi connectivity index (χ3v) is 6.71. The number of halogens is 2. The van der Waals surface area contributed by atoms with Crippen molar-refractivity contribution < 1.29 is 24.2 Å². The van der Waals surface area contributed by atoms with Crippen molar-refractivity contribution in [3.63, 3.8) is 0 Å². The molecule has 1 atom stereocenters. The second kappa shape index (κ2) is 12.7. The fourth-order valence-corrected chi connectivity index (χ4v) is 4.67. The summed E-state index contributed by atoms with van der Waals surface area (Å²) in [5.41, 5.74) is 6.65. The maximum absolute atomic E-state index is 13.0. The van der Waals surface area contributed by atoms with E-state index in [1.807, 2.05) is 6.07 Å². The van der Waals surface area contributed by atoms with E-state index in [2.05, 4.69) is 5.32 Å². The van der Waals surface area contributed by atoms with Gasteiger partial charge in [0, 0.05) is 34.8 Å². The van der Waals surface area contributed by atoms with Gasteiger partial charge in [0.15, 0.2) is 5.96 Å². The van der Waals surface area contributed by atoms with Crippen LogP contribution in [-0.4, -0.2) is 60.7 Å². The van der Waals surface area contributed by atoms with Gasteiger partial charge in [-0.1, -0.05) is 29.3 Å². The summed E-state index contributed by atoms with van der Waals surface area (Å²) in [7, 11) is 1.27. The summed E-state index contributed by atoms with van der Waals surface area (Å²) < 4.78 is 10.7. The molecule has 1 heterocycles. The standard InChI is InChI=1S/C25H30Cl2N4O5/c1-35-24(34)22(16-6-8-31(9-7-16)25(28)29)30-23(33)17-11-19(32)14-20(12-17)36-10-2-3-15-4-5-18(26)13-21(15)27/h4-5,11-14,16,22,32H,2-3,6-10H2,1H3,(H3,28,29)(H,30,33)/t22-/m0/s1. The van der Waals surface area contributed by atoms with E-state index in [0.717, 1.165) is 5.56 Å². The van der Waals surface area contributed by atoms with Crippen molar-refractivity contribution in [3.8, 4) is 11.5 Å². The van der Waals surface area contributed by atoms with Crippen LogP contribution in [0.1, 0.15) is 35.2 Å². The number of nitrogens with two attached hydrogens (primary N) is 1. The van der Waals surface area contributed by atoms with Crippen LogP contribution in [0.15, 0.2) is 36.4 Å². The van der Waals surface area contributed by atoms with Crippen LogP contribution in [0.4, 0.5) is 0 Å². The third-order valence-electron chi connectivity index (χ3n) is 6.12. The summed E-state index contributed by atoms with van der Waals surface area (Å²) in [5, 5.41) is 21.6. The van der Waals surface area contributed by atoms with Crippen LogP contribution in [0.25, 0.3) is 0 Å². The number of phenols is 1. The van der Waals surface area contributed by atoms with Gasteiger partial charge in [-0.15, -0.1) is 0 Å². The number of carbonyl (C=O) groups is 2. The van der Waals surface area contributed by atoms with Crippen LogP contribution in [-0.2, 0) is 16.0 Å². The number of hydrogen-bond acceptors (Lipinski definition) is 6. The summed E-state index contributed by atoms with van der Waals surface area (Å²) in [6.45, 7) is 1.35.